The highest BCUT2D eigenvalue weighted by Gasteiger charge is 2.36. The number of carbonyl (C=O) groups excluding carboxylic acids is 4. The van der Waals surface area contributed by atoms with Crippen molar-refractivity contribution in [1.82, 2.24) is 0 Å². The molecule has 0 heterocycles. The van der Waals surface area contributed by atoms with Crippen molar-refractivity contribution in [2.45, 2.75) is 12.6 Å². The van der Waals surface area contributed by atoms with Gasteiger partial charge in [0.05, 0.1) is 14.2 Å². The van der Waals surface area contributed by atoms with Crippen LogP contribution in [0, 0.1) is 0 Å². The highest BCUT2D eigenvalue weighted by atomic mass is 35.5. The molecular weight excluding hydrogens is 327 g/mol. The average molecular weight is 335 g/mol. The van der Waals surface area contributed by atoms with E-state index < -0.39 is 35.7 Å². The number of methoxy groups -OCH3 is 2. The van der Waals surface area contributed by atoms with Crippen LogP contribution in [0.25, 0.3) is 0 Å². The van der Waals surface area contributed by atoms with Gasteiger partial charge in [-0.1, -0.05) is 0 Å². The third-order valence-electron chi connectivity index (χ3n) is 1.40. The summed E-state index contributed by atoms with van der Waals surface area (Å²) < 4.78 is 25.5. The predicted octanol–water partition coefficient (Wildman–Crippen LogP) is 1.96. The molecule has 0 radical (unpaired) electrons. The van der Waals surface area contributed by atoms with Gasteiger partial charge in [-0.25, -0.2) is 19.2 Å². The maximum absolute atomic E-state index is 10.9. The fourth-order valence-corrected chi connectivity index (χ4v) is 0.914. The molecule has 0 aromatic heterocycles. The summed E-state index contributed by atoms with van der Waals surface area (Å²) in [6, 6.07) is 0. The van der Waals surface area contributed by atoms with Gasteiger partial charge in [0.1, 0.15) is 0 Å². The van der Waals surface area contributed by atoms with E-state index in [2.05, 4.69) is 28.4 Å². The molecule has 0 aromatic rings. The Morgan fingerprint density at radius 3 is 1.20 bits per heavy atom. The molecule has 0 rings (SSSR count). The van der Waals surface area contributed by atoms with Gasteiger partial charge < -0.3 is 28.4 Å². The Hall–Kier alpha value is -1.94. The van der Waals surface area contributed by atoms with Crippen molar-refractivity contribution in [3.05, 3.63) is 0 Å². The van der Waals surface area contributed by atoms with Gasteiger partial charge >= 0.3 is 35.7 Å². The van der Waals surface area contributed by atoms with Crippen molar-refractivity contribution in [1.29, 1.82) is 0 Å². The SMILES string of the molecule is COC(=O)O[C@@H](OC(=O)Cl)[C@H](OC(=O)Cl)OC(=O)OC. The van der Waals surface area contributed by atoms with Crippen LogP contribution in [-0.2, 0) is 28.4 Å². The zero-order valence-corrected chi connectivity index (χ0v) is 11.5. The van der Waals surface area contributed by atoms with E-state index in [-0.39, 0.29) is 0 Å². The summed E-state index contributed by atoms with van der Waals surface area (Å²) in [4.78, 5) is 43.1. The first kappa shape index (κ1) is 18.1. The minimum absolute atomic E-state index is 0.936. The van der Waals surface area contributed by atoms with Crippen LogP contribution in [0.3, 0.4) is 0 Å². The summed E-state index contributed by atoms with van der Waals surface area (Å²) in [7, 11) is 1.87. The Balaban J connectivity index is 5.03. The second kappa shape index (κ2) is 9.04. The lowest BCUT2D eigenvalue weighted by Gasteiger charge is -2.23. The Bertz CT molecular complexity index is 347. The number of rotatable bonds is 5. The molecule has 0 aliphatic heterocycles. The summed E-state index contributed by atoms with van der Waals surface area (Å²) in [5.74, 6) is 0. The van der Waals surface area contributed by atoms with Crippen molar-refractivity contribution in [3.63, 3.8) is 0 Å². The summed E-state index contributed by atoms with van der Waals surface area (Å²) in [6.07, 6.45) is -6.82. The molecule has 10 nitrogen and oxygen atoms in total. The zero-order chi connectivity index (χ0) is 15.7. The first-order valence-electron chi connectivity index (χ1n) is 4.51. The van der Waals surface area contributed by atoms with Crippen molar-refractivity contribution in [3.8, 4) is 0 Å². The van der Waals surface area contributed by atoms with Gasteiger partial charge in [0.25, 0.3) is 0 Å². The van der Waals surface area contributed by atoms with Crippen molar-refractivity contribution >= 4 is 46.4 Å². The Labute approximate surface area is 121 Å². The minimum Gasteiger partial charge on any atom is -0.438 e. The van der Waals surface area contributed by atoms with E-state index in [4.69, 9.17) is 23.2 Å². The molecule has 0 unspecified atom stereocenters. The zero-order valence-electron chi connectivity index (χ0n) is 9.99. The number of hydrogen-bond donors (Lipinski definition) is 0. The van der Waals surface area contributed by atoms with E-state index in [9.17, 15) is 19.2 Å². The topological polar surface area (TPSA) is 124 Å². The highest BCUT2D eigenvalue weighted by Crippen LogP contribution is 2.13. The fraction of sp³-hybridized carbons (Fsp3) is 0.500. The molecule has 20 heavy (non-hydrogen) atoms. The summed E-state index contributed by atoms with van der Waals surface area (Å²) in [5, 5.41) is 0. The molecule has 114 valence electrons. The first-order chi connectivity index (χ1) is 9.29. The normalized spacial score (nSPS) is 12.4. The molecule has 0 N–H and O–H groups in total. The van der Waals surface area contributed by atoms with Gasteiger partial charge in [0.15, 0.2) is 0 Å². The van der Waals surface area contributed by atoms with Crippen LogP contribution in [0.15, 0.2) is 0 Å². The highest BCUT2D eigenvalue weighted by molar-refractivity contribution is 6.61. The maximum Gasteiger partial charge on any atom is 0.511 e. The van der Waals surface area contributed by atoms with Gasteiger partial charge in [-0.2, -0.15) is 0 Å². The van der Waals surface area contributed by atoms with Crippen LogP contribution in [0.1, 0.15) is 0 Å². The third kappa shape index (κ3) is 7.48. The molecule has 0 saturated carbocycles. The van der Waals surface area contributed by atoms with Crippen molar-refractivity contribution < 1.29 is 47.6 Å². The molecule has 0 spiro atoms. The molecule has 0 aliphatic rings. The number of hydrogen-bond acceptors (Lipinski definition) is 10. The van der Waals surface area contributed by atoms with Crippen molar-refractivity contribution in [2.24, 2.45) is 0 Å². The van der Waals surface area contributed by atoms with Gasteiger partial charge in [0.2, 0.25) is 0 Å². The standard InChI is InChI=1S/C8H8Cl2O10/c1-15-7(13)19-3(17-5(9)11)4(18-6(10)12)20-8(14)16-2/h3-4H,1-2H3/t3-,4-/m1/s1. The van der Waals surface area contributed by atoms with E-state index in [1.807, 2.05) is 0 Å². The molecule has 0 aliphatic carbocycles. The van der Waals surface area contributed by atoms with Crippen LogP contribution in [0.4, 0.5) is 19.2 Å². The van der Waals surface area contributed by atoms with Gasteiger partial charge in [-0.3, -0.25) is 0 Å². The van der Waals surface area contributed by atoms with E-state index in [1.54, 1.807) is 0 Å². The monoisotopic (exact) mass is 334 g/mol. The molecule has 12 heteroatoms. The molecule has 0 saturated heterocycles. The lowest BCUT2D eigenvalue weighted by atomic mass is 10.6. The van der Waals surface area contributed by atoms with E-state index >= 15 is 0 Å². The predicted molar refractivity (Wildman–Crippen MR) is 59.2 cm³/mol. The summed E-state index contributed by atoms with van der Waals surface area (Å²) >= 11 is 9.82. The van der Waals surface area contributed by atoms with Crippen LogP contribution in [-0.4, -0.2) is 50.0 Å². The third-order valence-corrected chi connectivity index (χ3v) is 1.58. The lowest BCUT2D eigenvalue weighted by Crippen LogP contribution is -2.40. The molecule has 0 amide bonds. The number of ether oxygens (including phenoxy) is 6. The Kier molecular flexibility index (Phi) is 8.16. The van der Waals surface area contributed by atoms with Crippen LogP contribution < -0.4 is 0 Å². The van der Waals surface area contributed by atoms with Gasteiger partial charge in [0, 0.05) is 23.2 Å². The Morgan fingerprint density at radius 2 is 1.00 bits per heavy atom. The molecule has 0 fully saturated rings. The second-order valence-electron chi connectivity index (χ2n) is 2.59. The summed E-state index contributed by atoms with van der Waals surface area (Å²) in [6.45, 7) is 0. The largest absolute Gasteiger partial charge is 0.511 e. The van der Waals surface area contributed by atoms with Crippen LogP contribution >= 0.6 is 23.2 Å². The number of carbonyl (C=O) groups is 4. The summed E-state index contributed by atoms with van der Waals surface area (Å²) in [5.41, 5.74) is -2.91. The maximum atomic E-state index is 10.9. The van der Waals surface area contributed by atoms with Crippen LogP contribution in [0.2, 0.25) is 0 Å². The molecule has 2 atom stereocenters. The van der Waals surface area contributed by atoms with E-state index in [1.165, 1.54) is 0 Å². The van der Waals surface area contributed by atoms with E-state index in [0.717, 1.165) is 14.2 Å². The smallest absolute Gasteiger partial charge is 0.438 e. The molecule has 0 bridgehead atoms. The molecular formula is C8H8Cl2O10. The van der Waals surface area contributed by atoms with Gasteiger partial charge in [-0.15, -0.1) is 0 Å². The Morgan fingerprint density at radius 1 is 0.700 bits per heavy atom. The molecule has 0 aromatic carbocycles. The lowest BCUT2D eigenvalue weighted by molar-refractivity contribution is -0.212. The first-order valence-corrected chi connectivity index (χ1v) is 5.27. The minimum atomic E-state index is -2.06. The van der Waals surface area contributed by atoms with E-state index in [0.29, 0.717) is 0 Å². The second-order valence-corrected chi connectivity index (χ2v) is 3.21. The average Bonchev–Trinajstić information content (AvgIpc) is 2.35. The van der Waals surface area contributed by atoms with Crippen LogP contribution in [0.5, 0.6) is 0 Å². The van der Waals surface area contributed by atoms with Gasteiger partial charge in [-0.05, 0) is 0 Å². The quantitative estimate of drug-likeness (QED) is 0.318. The van der Waals surface area contributed by atoms with Crippen molar-refractivity contribution in [2.75, 3.05) is 14.2 Å². The number of halogens is 2. The fourth-order valence-electron chi connectivity index (χ4n) is 0.739.